The first-order valence-electron chi connectivity index (χ1n) is 4.98. The van der Waals surface area contributed by atoms with Crippen LogP contribution in [0, 0.1) is 17.1 Å². The molecule has 0 N–H and O–H groups in total. The topological polar surface area (TPSA) is 36.7 Å². The monoisotopic (exact) mass is 246 g/mol. The van der Waals surface area contributed by atoms with Crippen LogP contribution in [0.2, 0.25) is 5.15 Å². The van der Waals surface area contributed by atoms with Crippen LogP contribution in [-0.4, -0.2) is 4.98 Å². The van der Waals surface area contributed by atoms with Gasteiger partial charge in [-0.15, -0.1) is 0 Å². The lowest BCUT2D eigenvalue weighted by molar-refractivity contribution is 0.628. The van der Waals surface area contributed by atoms with E-state index in [0.717, 1.165) is 11.1 Å². The Kier molecular flexibility index (Phi) is 3.36. The molecular formula is C13H8ClFN2. The summed E-state index contributed by atoms with van der Waals surface area (Å²) < 4.78 is 13.1. The van der Waals surface area contributed by atoms with E-state index in [2.05, 4.69) is 11.1 Å². The van der Waals surface area contributed by atoms with Crippen molar-refractivity contribution in [3.05, 3.63) is 53.1 Å². The summed E-state index contributed by atoms with van der Waals surface area (Å²) in [4.78, 5) is 3.96. The minimum absolute atomic E-state index is 0.216. The zero-order valence-electron chi connectivity index (χ0n) is 8.82. The van der Waals surface area contributed by atoms with Gasteiger partial charge in [0.05, 0.1) is 12.5 Å². The number of hydrogen-bond donors (Lipinski definition) is 0. The third kappa shape index (κ3) is 2.61. The highest BCUT2D eigenvalue weighted by Gasteiger charge is 2.07. The molecule has 0 fully saturated rings. The van der Waals surface area contributed by atoms with Gasteiger partial charge in [-0.1, -0.05) is 23.7 Å². The van der Waals surface area contributed by atoms with Gasteiger partial charge < -0.3 is 0 Å². The molecular weight excluding hydrogens is 239 g/mol. The first-order valence-corrected chi connectivity index (χ1v) is 5.36. The van der Waals surface area contributed by atoms with E-state index < -0.39 is 0 Å². The van der Waals surface area contributed by atoms with Crippen molar-refractivity contribution in [1.29, 1.82) is 5.26 Å². The fourth-order valence-electron chi connectivity index (χ4n) is 1.62. The number of halogens is 2. The molecule has 0 aliphatic heterocycles. The van der Waals surface area contributed by atoms with Gasteiger partial charge in [0.25, 0.3) is 0 Å². The van der Waals surface area contributed by atoms with Crippen LogP contribution < -0.4 is 0 Å². The van der Waals surface area contributed by atoms with Gasteiger partial charge in [-0.05, 0) is 29.3 Å². The molecule has 1 aromatic heterocycles. The first-order chi connectivity index (χ1) is 8.20. The molecule has 1 aromatic carbocycles. The normalized spacial score (nSPS) is 9.94. The number of rotatable bonds is 2. The first kappa shape index (κ1) is 11.6. The second-order valence-electron chi connectivity index (χ2n) is 3.51. The van der Waals surface area contributed by atoms with E-state index in [1.807, 2.05) is 0 Å². The van der Waals surface area contributed by atoms with Crippen LogP contribution in [0.1, 0.15) is 5.56 Å². The number of benzene rings is 1. The van der Waals surface area contributed by atoms with Crippen LogP contribution in [0.25, 0.3) is 11.1 Å². The number of nitrogens with zero attached hydrogens (tertiary/aromatic N) is 2. The molecule has 2 aromatic rings. The summed E-state index contributed by atoms with van der Waals surface area (Å²) >= 11 is 5.78. The van der Waals surface area contributed by atoms with Gasteiger partial charge in [-0.3, -0.25) is 0 Å². The van der Waals surface area contributed by atoms with E-state index in [9.17, 15) is 4.39 Å². The minimum atomic E-state index is -0.319. The second-order valence-corrected chi connectivity index (χ2v) is 3.90. The Balaban J connectivity index is 2.55. The Morgan fingerprint density at radius 2 is 2.18 bits per heavy atom. The van der Waals surface area contributed by atoms with Crippen LogP contribution in [0.15, 0.2) is 36.5 Å². The highest BCUT2D eigenvalue weighted by molar-refractivity contribution is 6.29. The predicted octanol–water partition coefficient (Wildman–Crippen LogP) is 3.61. The third-order valence-electron chi connectivity index (χ3n) is 2.36. The molecule has 2 nitrogen and oxygen atoms in total. The number of nitriles is 1. The van der Waals surface area contributed by atoms with Crippen molar-refractivity contribution in [1.82, 2.24) is 4.98 Å². The fourth-order valence-corrected chi connectivity index (χ4v) is 1.80. The average Bonchev–Trinajstić information content (AvgIpc) is 2.29. The van der Waals surface area contributed by atoms with Crippen molar-refractivity contribution in [2.24, 2.45) is 0 Å². The molecule has 0 unspecified atom stereocenters. The molecule has 2 rings (SSSR count). The van der Waals surface area contributed by atoms with Crippen LogP contribution in [0.3, 0.4) is 0 Å². The fraction of sp³-hybridized carbons (Fsp3) is 0.0769. The molecule has 0 saturated heterocycles. The van der Waals surface area contributed by atoms with E-state index in [1.54, 1.807) is 24.4 Å². The Labute approximate surface area is 103 Å². The molecule has 0 aliphatic carbocycles. The zero-order valence-corrected chi connectivity index (χ0v) is 9.58. The number of aromatic nitrogens is 1. The molecule has 0 aliphatic rings. The molecule has 0 saturated carbocycles. The van der Waals surface area contributed by atoms with Crippen molar-refractivity contribution in [2.75, 3.05) is 0 Å². The summed E-state index contributed by atoms with van der Waals surface area (Å²) in [6.45, 7) is 0. The Morgan fingerprint density at radius 1 is 1.35 bits per heavy atom. The van der Waals surface area contributed by atoms with E-state index in [-0.39, 0.29) is 12.2 Å². The standard InChI is InChI=1S/C13H8ClFN2/c14-13-7-10(4-5-16)12(8-17-13)9-2-1-3-11(15)6-9/h1-3,6-8H,4H2. The Morgan fingerprint density at radius 3 is 2.88 bits per heavy atom. The van der Waals surface area contributed by atoms with Crippen molar-refractivity contribution in [3.8, 4) is 17.2 Å². The maximum Gasteiger partial charge on any atom is 0.129 e. The van der Waals surface area contributed by atoms with Crippen molar-refractivity contribution in [3.63, 3.8) is 0 Å². The van der Waals surface area contributed by atoms with Gasteiger partial charge in [0.15, 0.2) is 0 Å². The van der Waals surface area contributed by atoms with Crippen LogP contribution in [0.4, 0.5) is 4.39 Å². The highest BCUT2D eigenvalue weighted by Crippen LogP contribution is 2.25. The van der Waals surface area contributed by atoms with Gasteiger partial charge >= 0.3 is 0 Å². The lowest BCUT2D eigenvalue weighted by atomic mass is 10.0. The quantitative estimate of drug-likeness (QED) is 0.759. The van der Waals surface area contributed by atoms with Crippen LogP contribution in [0.5, 0.6) is 0 Å². The van der Waals surface area contributed by atoms with Crippen molar-refractivity contribution in [2.45, 2.75) is 6.42 Å². The highest BCUT2D eigenvalue weighted by atomic mass is 35.5. The summed E-state index contributed by atoms with van der Waals surface area (Å²) in [5, 5.41) is 9.08. The Bertz CT molecular complexity index is 590. The van der Waals surface area contributed by atoms with Crippen molar-refractivity contribution < 1.29 is 4.39 Å². The molecule has 0 spiro atoms. The SMILES string of the molecule is N#CCc1cc(Cl)ncc1-c1cccc(F)c1. The van der Waals surface area contributed by atoms with E-state index in [0.29, 0.717) is 10.7 Å². The second kappa shape index (κ2) is 4.94. The lowest BCUT2D eigenvalue weighted by Gasteiger charge is -2.07. The summed E-state index contributed by atoms with van der Waals surface area (Å²) in [6.07, 6.45) is 1.78. The lowest BCUT2D eigenvalue weighted by Crippen LogP contribution is -1.91. The molecule has 1 heterocycles. The summed E-state index contributed by atoms with van der Waals surface area (Å²) in [5.74, 6) is -0.319. The number of hydrogen-bond acceptors (Lipinski definition) is 2. The van der Waals surface area contributed by atoms with Crippen LogP contribution >= 0.6 is 11.6 Å². The third-order valence-corrected chi connectivity index (χ3v) is 2.57. The number of pyridine rings is 1. The average molecular weight is 247 g/mol. The van der Waals surface area contributed by atoms with E-state index >= 15 is 0 Å². The predicted molar refractivity (Wildman–Crippen MR) is 64.0 cm³/mol. The van der Waals surface area contributed by atoms with Crippen LogP contribution in [-0.2, 0) is 6.42 Å². The maximum absolute atomic E-state index is 13.1. The molecule has 0 bridgehead atoms. The van der Waals surface area contributed by atoms with Gasteiger partial charge in [-0.25, -0.2) is 9.37 Å². The minimum Gasteiger partial charge on any atom is -0.244 e. The molecule has 0 atom stereocenters. The molecule has 4 heteroatoms. The summed E-state index contributed by atoms with van der Waals surface area (Å²) in [5.41, 5.74) is 2.17. The maximum atomic E-state index is 13.1. The van der Waals surface area contributed by atoms with E-state index in [1.165, 1.54) is 12.1 Å². The zero-order chi connectivity index (χ0) is 12.3. The van der Waals surface area contributed by atoms with Gasteiger partial charge in [0.2, 0.25) is 0 Å². The summed E-state index contributed by atoms with van der Waals surface area (Å²) in [7, 11) is 0. The van der Waals surface area contributed by atoms with Gasteiger partial charge in [-0.2, -0.15) is 5.26 Å². The van der Waals surface area contributed by atoms with Crippen molar-refractivity contribution >= 4 is 11.6 Å². The largest absolute Gasteiger partial charge is 0.244 e. The van der Waals surface area contributed by atoms with E-state index in [4.69, 9.17) is 16.9 Å². The smallest absolute Gasteiger partial charge is 0.129 e. The molecule has 84 valence electrons. The molecule has 17 heavy (non-hydrogen) atoms. The summed E-state index contributed by atoms with van der Waals surface area (Å²) in [6, 6.07) is 9.86. The van der Waals surface area contributed by atoms with Gasteiger partial charge in [0, 0.05) is 11.8 Å². The Hall–Kier alpha value is -1.92. The molecule has 0 amide bonds. The molecule has 0 radical (unpaired) electrons. The van der Waals surface area contributed by atoms with Gasteiger partial charge in [0.1, 0.15) is 11.0 Å².